The summed E-state index contributed by atoms with van der Waals surface area (Å²) in [5, 5.41) is 4.46. The second-order valence-corrected chi connectivity index (χ2v) is 5.75. The van der Waals surface area contributed by atoms with Gasteiger partial charge < -0.3 is 9.88 Å². The molecule has 3 rings (SSSR count). The summed E-state index contributed by atoms with van der Waals surface area (Å²) in [5.41, 5.74) is 3.61. The van der Waals surface area contributed by atoms with Crippen molar-refractivity contribution >= 4 is 26.8 Å². The van der Waals surface area contributed by atoms with E-state index in [0.717, 1.165) is 23.3 Å². The molecular weight excluding hydrogens is 314 g/mol. The Morgan fingerprint density at radius 2 is 2.10 bits per heavy atom. The minimum Gasteiger partial charge on any atom is -0.341 e. The lowest BCUT2D eigenvalue weighted by Crippen LogP contribution is -2.05. The zero-order valence-corrected chi connectivity index (χ0v) is 12.9. The number of pyridine rings is 1. The van der Waals surface area contributed by atoms with E-state index in [1.807, 2.05) is 25.4 Å². The van der Waals surface area contributed by atoms with Gasteiger partial charge in [-0.1, -0.05) is 12.1 Å². The maximum atomic E-state index is 4.44. The molecule has 0 saturated carbocycles. The molecule has 0 radical (unpaired) electrons. The van der Waals surface area contributed by atoms with Crippen LogP contribution in [-0.4, -0.2) is 16.6 Å². The molecule has 0 atom stereocenters. The van der Waals surface area contributed by atoms with Crippen molar-refractivity contribution in [1.82, 2.24) is 14.9 Å². The predicted molar refractivity (Wildman–Crippen MR) is 85.7 cm³/mol. The molecule has 1 aromatic carbocycles. The molecule has 0 aliphatic rings. The first-order valence-corrected chi connectivity index (χ1v) is 7.38. The van der Waals surface area contributed by atoms with Gasteiger partial charge in [0.25, 0.3) is 0 Å². The third-order valence-corrected chi connectivity index (χ3v) is 3.81. The van der Waals surface area contributed by atoms with Crippen LogP contribution in [0.2, 0.25) is 0 Å². The fourth-order valence-corrected chi connectivity index (χ4v) is 2.59. The molecule has 1 N–H and O–H groups in total. The van der Waals surface area contributed by atoms with Gasteiger partial charge in [-0.3, -0.25) is 4.98 Å². The van der Waals surface area contributed by atoms with Gasteiger partial charge in [0.2, 0.25) is 0 Å². The number of halogens is 1. The molecule has 0 spiro atoms. The van der Waals surface area contributed by atoms with E-state index in [9.17, 15) is 0 Å². The van der Waals surface area contributed by atoms with Gasteiger partial charge in [-0.25, -0.2) is 0 Å². The van der Waals surface area contributed by atoms with E-state index in [-0.39, 0.29) is 0 Å². The predicted octanol–water partition coefficient (Wildman–Crippen LogP) is 3.57. The van der Waals surface area contributed by atoms with Crippen LogP contribution in [-0.2, 0) is 13.1 Å². The average Bonchev–Trinajstić information content (AvgIpc) is 2.85. The fourth-order valence-electron chi connectivity index (χ4n) is 2.36. The van der Waals surface area contributed by atoms with Crippen LogP contribution in [0.15, 0.2) is 53.3 Å². The molecule has 0 amide bonds. The normalized spacial score (nSPS) is 11.1. The van der Waals surface area contributed by atoms with Crippen molar-refractivity contribution in [2.24, 2.45) is 0 Å². The fraction of sp³-hybridized carbons (Fsp3) is 0.188. The second-order valence-electron chi connectivity index (χ2n) is 4.83. The van der Waals surface area contributed by atoms with Gasteiger partial charge in [-0.15, -0.1) is 0 Å². The molecule has 2 aromatic heterocycles. The number of benzene rings is 1. The van der Waals surface area contributed by atoms with Gasteiger partial charge >= 0.3 is 0 Å². The molecule has 0 aliphatic heterocycles. The average molecular weight is 330 g/mol. The van der Waals surface area contributed by atoms with Crippen LogP contribution in [0.5, 0.6) is 0 Å². The van der Waals surface area contributed by atoms with Crippen molar-refractivity contribution < 1.29 is 0 Å². The zero-order chi connectivity index (χ0) is 13.9. The third-order valence-electron chi connectivity index (χ3n) is 3.34. The van der Waals surface area contributed by atoms with Gasteiger partial charge in [0.05, 0.1) is 12.2 Å². The van der Waals surface area contributed by atoms with Crippen molar-refractivity contribution in [2.45, 2.75) is 13.1 Å². The zero-order valence-electron chi connectivity index (χ0n) is 11.3. The monoisotopic (exact) mass is 329 g/mol. The smallest absolute Gasteiger partial charge is 0.0648 e. The maximum absolute atomic E-state index is 4.44. The van der Waals surface area contributed by atoms with Gasteiger partial charge in [0.1, 0.15) is 0 Å². The van der Waals surface area contributed by atoms with Crippen LogP contribution in [0.3, 0.4) is 0 Å². The Morgan fingerprint density at radius 1 is 1.20 bits per heavy atom. The highest BCUT2D eigenvalue weighted by atomic mass is 79.9. The largest absolute Gasteiger partial charge is 0.341 e. The van der Waals surface area contributed by atoms with Crippen molar-refractivity contribution in [3.05, 3.63) is 64.5 Å². The highest BCUT2D eigenvalue weighted by molar-refractivity contribution is 9.10. The molecule has 0 saturated heterocycles. The summed E-state index contributed by atoms with van der Waals surface area (Å²) in [7, 11) is 1.97. The van der Waals surface area contributed by atoms with E-state index in [2.05, 4.69) is 61.3 Å². The summed E-state index contributed by atoms with van der Waals surface area (Å²) in [5.74, 6) is 0. The van der Waals surface area contributed by atoms with Crippen LogP contribution in [0.4, 0.5) is 0 Å². The maximum Gasteiger partial charge on any atom is 0.0648 e. The molecule has 20 heavy (non-hydrogen) atoms. The molecule has 4 heteroatoms. The Labute approximate surface area is 126 Å². The van der Waals surface area contributed by atoms with Crippen LogP contribution in [0, 0.1) is 0 Å². The number of fused-ring (bicyclic) bond motifs is 1. The van der Waals surface area contributed by atoms with Gasteiger partial charge in [-0.05, 0) is 58.2 Å². The molecule has 0 bridgehead atoms. The molecule has 0 fully saturated rings. The summed E-state index contributed by atoms with van der Waals surface area (Å²) >= 11 is 3.41. The van der Waals surface area contributed by atoms with Crippen molar-refractivity contribution in [3.8, 4) is 0 Å². The molecule has 3 nitrogen and oxygen atoms in total. The third kappa shape index (κ3) is 2.76. The summed E-state index contributed by atoms with van der Waals surface area (Å²) < 4.78 is 3.25. The standard InChI is InChI=1S/C16H16BrN3/c1-18-9-12-2-3-13-6-7-20(16(13)8-12)11-15-5-4-14(17)10-19-15/h2-8,10,18H,9,11H2,1H3. The van der Waals surface area contributed by atoms with Gasteiger partial charge in [0.15, 0.2) is 0 Å². The number of rotatable bonds is 4. The topological polar surface area (TPSA) is 29.9 Å². The minimum atomic E-state index is 0.791. The Kier molecular flexibility index (Phi) is 3.85. The van der Waals surface area contributed by atoms with Crippen LogP contribution in [0.25, 0.3) is 10.9 Å². The first-order valence-electron chi connectivity index (χ1n) is 6.59. The molecule has 102 valence electrons. The van der Waals surface area contributed by atoms with E-state index in [1.54, 1.807) is 0 Å². The van der Waals surface area contributed by atoms with Crippen molar-refractivity contribution in [1.29, 1.82) is 0 Å². The molecule has 3 aromatic rings. The van der Waals surface area contributed by atoms with E-state index in [0.29, 0.717) is 0 Å². The quantitative estimate of drug-likeness (QED) is 0.793. The lowest BCUT2D eigenvalue weighted by atomic mass is 10.1. The van der Waals surface area contributed by atoms with Crippen molar-refractivity contribution in [3.63, 3.8) is 0 Å². The highest BCUT2D eigenvalue weighted by Gasteiger charge is 2.04. The molecule has 2 heterocycles. The lowest BCUT2D eigenvalue weighted by Gasteiger charge is -2.07. The highest BCUT2D eigenvalue weighted by Crippen LogP contribution is 2.19. The number of nitrogens with zero attached hydrogens (tertiary/aromatic N) is 2. The lowest BCUT2D eigenvalue weighted by molar-refractivity contribution is 0.799. The Hall–Kier alpha value is -1.65. The second kappa shape index (κ2) is 5.77. The summed E-state index contributed by atoms with van der Waals surface area (Å²) in [6.07, 6.45) is 3.96. The number of nitrogens with one attached hydrogen (secondary N) is 1. The molecule has 0 aliphatic carbocycles. The van der Waals surface area contributed by atoms with Gasteiger partial charge in [-0.2, -0.15) is 0 Å². The first-order chi connectivity index (χ1) is 9.76. The van der Waals surface area contributed by atoms with Gasteiger partial charge in [0, 0.05) is 28.9 Å². The van der Waals surface area contributed by atoms with Crippen LogP contribution in [0.1, 0.15) is 11.3 Å². The summed E-state index contributed by atoms with van der Waals surface area (Å²) in [6, 6.07) is 12.8. The Morgan fingerprint density at radius 3 is 2.85 bits per heavy atom. The number of hydrogen-bond donors (Lipinski definition) is 1. The molecule has 0 unspecified atom stereocenters. The Bertz CT molecular complexity index is 716. The number of aromatic nitrogens is 2. The SMILES string of the molecule is CNCc1ccc2ccn(Cc3ccc(Br)cn3)c2c1. The van der Waals surface area contributed by atoms with E-state index < -0.39 is 0 Å². The minimum absolute atomic E-state index is 0.791. The Balaban J connectivity index is 1.94. The van der Waals surface area contributed by atoms with Crippen LogP contribution >= 0.6 is 15.9 Å². The summed E-state index contributed by atoms with van der Waals surface area (Å²) in [6.45, 7) is 1.68. The van der Waals surface area contributed by atoms with Crippen LogP contribution < -0.4 is 5.32 Å². The summed E-state index contributed by atoms with van der Waals surface area (Å²) in [4.78, 5) is 4.44. The van der Waals surface area contributed by atoms with E-state index in [4.69, 9.17) is 0 Å². The van der Waals surface area contributed by atoms with Crippen molar-refractivity contribution in [2.75, 3.05) is 7.05 Å². The van der Waals surface area contributed by atoms with E-state index in [1.165, 1.54) is 16.5 Å². The molecular formula is C16H16BrN3. The first kappa shape index (κ1) is 13.3. The number of hydrogen-bond acceptors (Lipinski definition) is 2. The van der Waals surface area contributed by atoms with E-state index >= 15 is 0 Å².